The fourth-order valence-corrected chi connectivity index (χ4v) is 2.66. The Morgan fingerprint density at radius 2 is 2.05 bits per heavy atom. The molecule has 0 spiro atoms. The number of hydrogen-bond donors (Lipinski definition) is 2. The van der Waals surface area contributed by atoms with Gasteiger partial charge < -0.3 is 10.3 Å². The van der Waals surface area contributed by atoms with Crippen molar-refractivity contribution in [3.63, 3.8) is 0 Å². The van der Waals surface area contributed by atoms with Crippen molar-refractivity contribution in [1.29, 1.82) is 0 Å². The Kier molecular flexibility index (Phi) is 3.80. The Labute approximate surface area is 131 Å². The maximum Gasteiger partial charge on any atom is 0.183 e. The van der Waals surface area contributed by atoms with Gasteiger partial charge in [0.25, 0.3) is 0 Å². The molecular weight excluding hydrogens is 328 g/mol. The van der Waals surface area contributed by atoms with E-state index in [2.05, 4.69) is 26.2 Å². The predicted octanol–water partition coefficient (Wildman–Crippen LogP) is 4.53. The minimum Gasteiger partial charge on any atom is -0.378 e. The zero-order valence-corrected chi connectivity index (χ0v) is 13.2. The van der Waals surface area contributed by atoms with E-state index in [0.717, 1.165) is 26.6 Å². The van der Waals surface area contributed by atoms with Crippen LogP contribution in [-0.4, -0.2) is 17.3 Å². The minimum atomic E-state index is 0.0733. The molecule has 1 heterocycles. The molecule has 0 radical (unpaired) electrons. The summed E-state index contributed by atoms with van der Waals surface area (Å²) in [6.07, 6.45) is 1.78. The van der Waals surface area contributed by atoms with Crippen LogP contribution in [0.3, 0.4) is 0 Å². The third-order valence-corrected chi connectivity index (χ3v) is 4.37. The number of nitrogens with one attached hydrogen (secondary N) is 2. The third-order valence-electron chi connectivity index (χ3n) is 3.51. The van der Waals surface area contributed by atoms with Gasteiger partial charge in [-0.3, -0.25) is 4.79 Å². The largest absolute Gasteiger partial charge is 0.378 e. The average molecular weight is 343 g/mol. The molecule has 4 heteroatoms. The van der Waals surface area contributed by atoms with Crippen molar-refractivity contribution in [3.8, 4) is 0 Å². The number of aromatic amines is 1. The zero-order valence-electron chi connectivity index (χ0n) is 11.6. The highest BCUT2D eigenvalue weighted by molar-refractivity contribution is 9.10. The van der Waals surface area contributed by atoms with Gasteiger partial charge in [-0.25, -0.2) is 0 Å². The number of hydrogen-bond acceptors (Lipinski definition) is 2. The standard InChI is InChI=1S/C17H15BrN2O/c1-11-6-7-12(8-15(11)18)19-10-17(21)14-9-20-16-5-3-2-4-13(14)16/h2-9,19-20H,10H2,1H3. The number of carbonyl (C=O) groups excluding carboxylic acids is 1. The maximum atomic E-state index is 12.4. The van der Waals surface area contributed by atoms with E-state index in [4.69, 9.17) is 0 Å². The number of aromatic nitrogens is 1. The summed E-state index contributed by atoms with van der Waals surface area (Å²) in [6, 6.07) is 13.8. The van der Waals surface area contributed by atoms with Crippen LogP contribution in [0.15, 0.2) is 53.1 Å². The summed E-state index contributed by atoms with van der Waals surface area (Å²) in [6.45, 7) is 2.31. The van der Waals surface area contributed by atoms with E-state index in [9.17, 15) is 4.79 Å². The Balaban J connectivity index is 1.76. The van der Waals surface area contributed by atoms with Gasteiger partial charge in [-0.1, -0.05) is 40.2 Å². The molecule has 0 aliphatic carbocycles. The lowest BCUT2D eigenvalue weighted by Crippen LogP contribution is -2.13. The Hall–Kier alpha value is -2.07. The number of halogens is 1. The van der Waals surface area contributed by atoms with Crippen LogP contribution in [0.2, 0.25) is 0 Å². The van der Waals surface area contributed by atoms with Crippen LogP contribution in [0.4, 0.5) is 5.69 Å². The highest BCUT2D eigenvalue weighted by Gasteiger charge is 2.11. The van der Waals surface area contributed by atoms with Gasteiger partial charge in [-0.15, -0.1) is 0 Å². The second kappa shape index (κ2) is 5.74. The molecule has 0 aliphatic heterocycles. The SMILES string of the molecule is Cc1ccc(NCC(=O)c2c[nH]c3ccccc23)cc1Br. The fraction of sp³-hybridized carbons (Fsp3) is 0.118. The number of carbonyl (C=O) groups is 1. The number of ketones is 1. The number of rotatable bonds is 4. The number of benzene rings is 2. The lowest BCUT2D eigenvalue weighted by atomic mass is 10.1. The van der Waals surface area contributed by atoms with Gasteiger partial charge in [0.2, 0.25) is 0 Å². The second-order valence-corrected chi connectivity index (χ2v) is 5.84. The van der Waals surface area contributed by atoms with E-state index in [1.807, 2.05) is 49.4 Å². The van der Waals surface area contributed by atoms with Gasteiger partial charge in [0, 0.05) is 32.8 Å². The molecule has 106 valence electrons. The highest BCUT2D eigenvalue weighted by Crippen LogP contribution is 2.21. The van der Waals surface area contributed by atoms with Crippen molar-refractivity contribution >= 4 is 38.3 Å². The molecule has 0 saturated heterocycles. The molecule has 0 fully saturated rings. The van der Waals surface area contributed by atoms with Gasteiger partial charge in [0.1, 0.15) is 0 Å². The maximum absolute atomic E-state index is 12.4. The van der Waals surface area contributed by atoms with Crippen LogP contribution in [-0.2, 0) is 0 Å². The number of anilines is 1. The molecule has 3 aromatic rings. The van der Waals surface area contributed by atoms with E-state index < -0.39 is 0 Å². The molecule has 0 saturated carbocycles. The van der Waals surface area contributed by atoms with Gasteiger partial charge in [0.15, 0.2) is 5.78 Å². The fourth-order valence-electron chi connectivity index (χ4n) is 2.28. The molecular formula is C17H15BrN2O. The first kappa shape index (κ1) is 13.9. The molecule has 2 N–H and O–H groups in total. The lowest BCUT2D eigenvalue weighted by molar-refractivity contribution is 0.101. The van der Waals surface area contributed by atoms with Gasteiger partial charge in [-0.05, 0) is 30.7 Å². The summed E-state index contributed by atoms with van der Waals surface area (Å²) >= 11 is 3.49. The minimum absolute atomic E-state index is 0.0733. The van der Waals surface area contributed by atoms with Gasteiger partial charge in [0.05, 0.1) is 6.54 Å². The molecule has 2 aromatic carbocycles. The van der Waals surface area contributed by atoms with Crippen molar-refractivity contribution < 1.29 is 4.79 Å². The number of Topliss-reactive ketones (excluding diaryl/α,β-unsaturated/α-hetero) is 1. The highest BCUT2D eigenvalue weighted by atomic mass is 79.9. The number of fused-ring (bicyclic) bond motifs is 1. The second-order valence-electron chi connectivity index (χ2n) is 4.99. The first-order valence-corrected chi connectivity index (χ1v) is 7.54. The molecule has 0 atom stereocenters. The lowest BCUT2D eigenvalue weighted by Gasteiger charge is -2.07. The summed E-state index contributed by atoms with van der Waals surface area (Å²) in [4.78, 5) is 15.5. The predicted molar refractivity (Wildman–Crippen MR) is 90.0 cm³/mol. The monoisotopic (exact) mass is 342 g/mol. The van der Waals surface area contributed by atoms with Crippen molar-refractivity contribution in [2.45, 2.75) is 6.92 Å². The average Bonchev–Trinajstić information content (AvgIpc) is 2.92. The number of para-hydroxylation sites is 1. The van der Waals surface area contributed by atoms with Crippen molar-refractivity contribution in [2.24, 2.45) is 0 Å². The molecule has 0 aliphatic rings. The van der Waals surface area contributed by atoms with Crippen LogP contribution in [0, 0.1) is 6.92 Å². The first-order valence-electron chi connectivity index (χ1n) is 6.74. The van der Waals surface area contributed by atoms with E-state index in [1.54, 1.807) is 6.20 Å². The molecule has 0 amide bonds. The van der Waals surface area contributed by atoms with E-state index in [1.165, 1.54) is 5.56 Å². The summed E-state index contributed by atoms with van der Waals surface area (Å²) < 4.78 is 1.03. The van der Waals surface area contributed by atoms with Crippen molar-refractivity contribution in [3.05, 3.63) is 64.3 Å². The molecule has 0 unspecified atom stereocenters. The number of aryl methyl sites for hydroxylation is 1. The van der Waals surface area contributed by atoms with Gasteiger partial charge in [-0.2, -0.15) is 0 Å². The molecule has 3 rings (SSSR count). The van der Waals surface area contributed by atoms with Crippen molar-refractivity contribution in [2.75, 3.05) is 11.9 Å². The van der Waals surface area contributed by atoms with Crippen LogP contribution in [0.1, 0.15) is 15.9 Å². The third kappa shape index (κ3) is 2.85. The zero-order chi connectivity index (χ0) is 14.8. The van der Waals surface area contributed by atoms with Crippen LogP contribution < -0.4 is 5.32 Å². The Bertz CT molecular complexity index is 807. The molecule has 21 heavy (non-hydrogen) atoms. The van der Waals surface area contributed by atoms with E-state index >= 15 is 0 Å². The molecule has 3 nitrogen and oxygen atoms in total. The smallest absolute Gasteiger partial charge is 0.183 e. The van der Waals surface area contributed by atoms with Crippen LogP contribution in [0.25, 0.3) is 10.9 Å². The van der Waals surface area contributed by atoms with E-state index in [-0.39, 0.29) is 12.3 Å². The normalized spacial score (nSPS) is 10.8. The summed E-state index contributed by atoms with van der Waals surface area (Å²) in [5.41, 5.74) is 3.81. The molecule has 0 bridgehead atoms. The van der Waals surface area contributed by atoms with E-state index in [0.29, 0.717) is 0 Å². The van der Waals surface area contributed by atoms with Crippen LogP contribution in [0.5, 0.6) is 0 Å². The summed E-state index contributed by atoms with van der Waals surface area (Å²) in [5.74, 6) is 0.0733. The van der Waals surface area contributed by atoms with Gasteiger partial charge >= 0.3 is 0 Å². The summed E-state index contributed by atoms with van der Waals surface area (Å²) in [5, 5.41) is 4.14. The Morgan fingerprint density at radius 3 is 2.86 bits per heavy atom. The quantitative estimate of drug-likeness (QED) is 0.684. The number of H-pyrrole nitrogens is 1. The molecule has 1 aromatic heterocycles. The first-order chi connectivity index (χ1) is 10.1. The Morgan fingerprint density at radius 1 is 1.24 bits per heavy atom. The summed E-state index contributed by atoms with van der Waals surface area (Å²) in [7, 11) is 0. The van der Waals surface area contributed by atoms with Crippen LogP contribution >= 0.6 is 15.9 Å². The van der Waals surface area contributed by atoms with Crippen molar-refractivity contribution in [1.82, 2.24) is 4.98 Å². The topological polar surface area (TPSA) is 44.9 Å².